The van der Waals surface area contributed by atoms with E-state index in [-0.39, 0.29) is 12.0 Å². The Bertz CT molecular complexity index is 983. The molecule has 0 fully saturated rings. The van der Waals surface area contributed by atoms with E-state index in [1.54, 1.807) is 7.11 Å². The van der Waals surface area contributed by atoms with Gasteiger partial charge in [0.2, 0.25) is 0 Å². The third-order valence-electron chi connectivity index (χ3n) is 5.54. The third-order valence-corrected chi connectivity index (χ3v) is 5.54. The van der Waals surface area contributed by atoms with Crippen molar-refractivity contribution in [3.63, 3.8) is 0 Å². The summed E-state index contributed by atoms with van der Waals surface area (Å²) in [5.41, 5.74) is 5.70. The zero-order valence-corrected chi connectivity index (χ0v) is 17.5. The van der Waals surface area contributed by atoms with Crippen LogP contribution in [0, 0.1) is 5.92 Å². The lowest BCUT2D eigenvalue weighted by Gasteiger charge is -2.14. The fourth-order valence-corrected chi connectivity index (χ4v) is 3.64. The van der Waals surface area contributed by atoms with Crippen LogP contribution in [-0.4, -0.2) is 25.5 Å². The fraction of sp³-hybridized carbons (Fsp3) is 0.269. The summed E-state index contributed by atoms with van der Waals surface area (Å²) >= 11 is 0. The highest BCUT2D eigenvalue weighted by atomic mass is 16.6. The molecule has 2 unspecified atom stereocenters. The monoisotopic (exact) mass is 401 g/mol. The fourth-order valence-electron chi connectivity index (χ4n) is 3.64. The lowest BCUT2D eigenvalue weighted by atomic mass is 9.94. The van der Waals surface area contributed by atoms with Gasteiger partial charge in [-0.2, -0.15) is 0 Å². The van der Waals surface area contributed by atoms with E-state index in [1.807, 2.05) is 18.2 Å². The van der Waals surface area contributed by atoms with Crippen LogP contribution in [0.5, 0.6) is 5.75 Å². The molecule has 1 aliphatic heterocycles. The standard InChI is InChI=1S/C26H27NO3/c1-19-25(27-30-26(19)16-20-7-4-3-5-8-20)18-29-17-21-9-6-10-23(15-21)22-11-13-24(28-2)14-12-22/h3-15,19,26H,16-18H2,1-2H3. The van der Waals surface area contributed by atoms with E-state index in [0.717, 1.165) is 34.6 Å². The van der Waals surface area contributed by atoms with E-state index < -0.39 is 0 Å². The summed E-state index contributed by atoms with van der Waals surface area (Å²) in [7, 11) is 1.68. The number of rotatable bonds is 8. The molecule has 0 N–H and O–H groups in total. The first-order chi connectivity index (χ1) is 14.7. The Balaban J connectivity index is 1.30. The number of ether oxygens (including phenoxy) is 2. The van der Waals surface area contributed by atoms with Gasteiger partial charge in [0.25, 0.3) is 0 Å². The molecule has 0 saturated heterocycles. The molecule has 3 aromatic rings. The molecule has 1 aliphatic rings. The largest absolute Gasteiger partial charge is 0.497 e. The van der Waals surface area contributed by atoms with E-state index in [9.17, 15) is 0 Å². The van der Waals surface area contributed by atoms with Crippen LogP contribution in [-0.2, 0) is 22.6 Å². The van der Waals surface area contributed by atoms with Crippen LogP contribution in [0.25, 0.3) is 11.1 Å². The van der Waals surface area contributed by atoms with Crippen LogP contribution in [0.2, 0.25) is 0 Å². The number of methoxy groups -OCH3 is 1. The highest BCUT2D eigenvalue weighted by Gasteiger charge is 2.30. The summed E-state index contributed by atoms with van der Waals surface area (Å²) in [6, 6.07) is 26.9. The maximum absolute atomic E-state index is 5.97. The van der Waals surface area contributed by atoms with Crippen molar-refractivity contribution in [2.24, 2.45) is 11.1 Å². The van der Waals surface area contributed by atoms with Gasteiger partial charge in [-0.05, 0) is 40.5 Å². The molecule has 1 heterocycles. The maximum Gasteiger partial charge on any atom is 0.139 e. The van der Waals surface area contributed by atoms with Crippen molar-refractivity contribution in [2.45, 2.75) is 26.1 Å². The number of oxime groups is 1. The minimum atomic E-state index is 0.0735. The van der Waals surface area contributed by atoms with Crippen molar-refractivity contribution in [3.8, 4) is 16.9 Å². The summed E-state index contributed by atoms with van der Waals surface area (Å²) in [6.07, 6.45) is 0.934. The van der Waals surface area contributed by atoms with Crippen LogP contribution in [0.15, 0.2) is 84.0 Å². The van der Waals surface area contributed by atoms with Crippen LogP contribution < -0.4 is 4.74 Å². The highest BCUT2D eigenvalue weighted by molar-refractivity contribution is 5.88. The Hall–Kier alpha value is -3.11. The normalized spacial score (nSPS) is 18.0. The van der Waals surface area contributed by atoms with Crippen molar-refractivity contribution in [1.82, 2.24) is 0 Å². The molecule has 2 atom stereocenters. The topological polar surface area (TPSA) is 40.0 Å². The Morgan fingerprint density at radius 3 is 2.37 bits per heavy atom. The minimum absolute atomic E-state index is 0.0735. The van der Waals surface area contributed by atoms with E-state index in [4.69, 9.17) is 14.3 Å². The quantitative estimate of drug-likeness (QED) is 0.499. The minimum Gasteiger partial charge on any atom is -0.497 e. The second kappa shape index (κ2) is 9.59. The molecule has 4 rings (SSSR count). The van der Waals surface area contributed by atoms with Gasteiger partial charge >= 0.3 is 0 Å². The third kappa shape index (κ3) is 4.89. The van der Waals surface area contributed by atoms with Gasteiger partial charge in [0.05, 0.1) is 26.0 Å². The highest BCUT2D eigenvalue weighted by Crippen LogP contribution is 2.25. The van der Waals surface area contributed by atoms with Gasteiger partial charge in [-0.3, -0.25) is 0 Å². The molecule has 0 aromatic heterocycles. The van der Waals surface area contributed by atoms with Crippen LogP contribution in [0.1, 0.15) is 18.1 Å². The van der Waals surface area contributed by atoms with E-state index in [1.165, 1.54) is 5.56 Å². The number of hydrogen-bond acceptors (Lipinski definition) is 4. The molecular formula is C26H27NO3. The Kier molecular flexibility index (Phi) is 6.45. The van der Waals surface area contributed by atoms with Crippen molar-refractivity contribution < 1.29 is 14.3 Å². The molecule has 0 spiro atoms. The van der Waals surface area contributed by atoms with Crippen molar-refractivity contribution in [1.29, 1.82) is 0 Å². The van der Waals surface area contributed by atoms with Crippen LogP contribution in [0.4, 0.5) is 0 Å². The second-order valence-electron chi connectivity index (χ2n) is 7.63. The van der Waals surface area contributed by atoms with Gasteiger partial charge in [-0.15, -0.1) is 0 Å². The van der Waals surface area contributed by atoms with E-state index in [2.05, 4.69) is 72.7 Å². The Morgan fingerprint density at radius 1 is 0.833 bits per heavy atom. The molecule has 0 amide bonds. The van der Waals surface area contributed by atoms with Gasteiger partial charge in [-0.25, -0.2) is 0 Å². The second-order valence-corrected chi connectivity index (χ2v) is 7.63. The summed E-state index contributed by atoms with van der Waals surface area (Å²) in [5, 5.41) is 4.29. The maximum atomic E-state index is 5.97. The molecule has 0 radical (unpaired) electrons. The van der Waals surface area contributed by atoms with Crippen LogP contribution >= 0.6 is 0 Å². The zero-order chi connectivity index (χ0) is 20.8. The van der Waals surface area contributed by atoms with E-state index >= 15 is 0 Å². The summed E-state index contributed by atoms with van der Waals surface area (Å²) in [6.45, 7) is 3.19. The molecular weight excluding hydrogens is 374 g/mol. The first-order valence-corrected chi connectivity index (χ1v) is 10.3. The number of hydrogen-bond donors (Lipinski definition) is 0. The van der Waals surface area contributed by atoms with Gasteiger partial charge in [0, 0.05) is 12.3 Å². The Morgan fingerprint density at radius 2 is 1.60 bits per heavy atom. The molecule has 0 bridgehead atoms. The molecule has 154 valence electrons. The van der Waals surface area contributed by atoms with Crippen molar-refractivity contribution >= 4 is 5.71 Å². The molecule has 4 nitrogen and oxygen atoms in total. The number of nitrogens with zero attached hydrogens (tertiary/aromatic N) is 1. The van der Waals surface area contributed by atoms with Crippen LogP contribution in [0.3, 0.4) is 0 Å². The van der Waals surface area contributed by atoms with Gasteiger partial charge in [-0.1, -0.05) is 72.7 Å². The lowest BCUT2D eigenvalue weighted by Crippen LogP contribution is -2.25. The summed E-state index contributed by atoms with van der Waals surface area (Å²) in [5.74, 6) is 1.10. The number of benzene rings is 3. The lowest BCUT2D eigenvalue weighted by molar-refractivity contribution is 0.0660. The molecule has 3 aromatic carbocycles. The first-order valence-electron chi connectivity index (χ1n) is 10.3. The zero-order valence-electron chi connectivity index (χ0n) is 17.5. The van der Waals surface area contributed by atoms with Crippen molar-refractivity contribution in [3.05, 3.63) is 90.0 Å². The smallest absolute Gasteiger partial charge is 0.139 e. The predicted octanol–water partition coefficient (Wildman–Crippen LogP) is 5.51. The van der Waals surface area contributed by atoms with Gasteiger partial charge in [0.15, 0.2) is 0 Å². The summed E-state index contributed by atoms with van der Waals surface area (Å²) < 4.78 is 11.2. The summed E-state index contributed by atoms with van der Waals surface area (Å²) in [4.78, 5) is 5.68. The van der Waals surface area contributed by atoms with Gasteiger partial charge in [0.1, 0.15) is 11.9 Å². The van der Waals surface area contributed by atoms with E-state index in [0.29, 0.717) is 13.2 Å². The molecule has 0 saturated carbocycles. The Labute approximate surface area is 178 Å². The molecule has 30 heavy (non-hydrogen) atoms. The SMILES string of the molecule is COc1ccc(-c2cccc(COCC3=NOC(Cc4ccccc4)C3C)c2)cc1. The average molecular weight is 402 g/mol. The molecule has 4 heteroatoms. The van der Waals surface area contributed by atoms with Crippen molar-refractivity contribution in [2.75, 3.05) is 13.7 Å². The predicted molar refractivity (Wildman–Crippen MR) is 120 cm³/mol. The average Bonchev–Trinajstić information content (AvgIpc) is 3.14. The van der Waals surface area contributed by atoms with Gasteiger partial charge < -0.3 is 14.3 Å². The first kappa shape index (κ1) is 20.2. The molecule has 0 aliphatic carbocycles.